The van der Waals surface area contributed by atoms with Crippen molar-refractivity contribution in [1.82, 2.24) is 0 Å². The highest BCUT2D eigenvalue weighted by atomic mass is 16.5. The van der Waals surface area contributed by atoms with Crippen LogP contribution in [0, 0.1) is 5.41 Å². The predicted octanol–water partition coefficient (Wildman–Crippen LogP) is 3.45. The molecular weight excluding hydrogens is 282 g/mol. The first-order valence-corrected chi connectivity index (χ1v) is 7.37. The van der Waals surface area contributed by atoms with E-state index in [4.69, 9.17) is 20.3 Å². The fraction of sp³-hybridized carbons (Fsp3) is 0.588. The second-order valence-electron chi connectivity index (χ2n) is 6.16. The van der Waals surface area contributed by atoms with Gasteiger partial charge >= 0.3 is 5.97 Å². The number of hydrogen-bond acceptors (Lipinski definition) is 4. The van der Waals surface area contributed by atoms with Crippen molar-refractivity contribution in [2.45, 2.75) is 46.6 Å². The van der Waals surface area contributed by atoms with E-state index in [9.17, 15) is 4.79 Å². The van der Waals surface area contributed by atoms with Crippen molar-refractivity contribution in [3.05, 3.63) is 23.8 Å². The number of carbonyl (C=O) groups is 1. The summed E-state index contributed by atoms with van der Waals surface area (Å²) in [5, 5.41) is 8.31. The number of carboxylic acid groups (broad SMARTS) is 1. The van der Waals surface area contributed by atoms with Gasteiger partial charge in [0.2, 0.25) is 0 Å². The molecule has 1 aromatic rings. The van der Waals surface area contributed by atoms with Crippen LogP contribution < -0.4 is 15.2 Å². The zero-order valence-electron chi connectivity index (χ0n) is 14.3. The normalized spacial score (nSPS) is 10.5. The topological polar surface area (TPSA) is 81.8 Å². The number of benzene rings is 1. The Balaban J connectivity index is 0.000000409. The van der Waals surface area contributed by atoms with Gasteiger partial charge in [-0.25, -0.2) is 0 Å². The van der Waals surface area contributed by atoms with E-state index in [1.807, 2.05) is 18.2 Å². The van der Waals surface area contributed by atoms with Gasteiger partial charge in [0.15, 0.2) is 11.5 Å². The van der Waals surface area contributed by atoms with Gasteiger partial charge < -0.3 is 20.3 Å². The highest BCUT2D eigenvalue weighted by Crippen LogP contribution is 2.29. The third-order valence-corrected chi connectivity index (χ3v) is 3.02. The second kappa shape index (κ2) is 10.1. The molecule has 0 atom stereocenters. The van der Waals surface area contributed by atoms with Gasteiger partial charge in [0.25, 0.3) is 0 Å². The molecule has 0 radical (unpaired) electrons. The zero-order chi connectivity index (χ0) is 17.2. The molecule has 0 bridgehead atoms. The molecule has 0 aliphatic heterocycles. The van der Waals surface area contributed by atoms with E-state index in [0.717, 1.165) is 29.9 Å². The van der Waals surface area contributed by atoms with Gasteiger partial charge in [-0.05, 0) is 24.3 Å². The highest BCUT2D eigenvalue weighted by Gasteiger charge is 2.10. The zero-order valence-corrected chi connectivity index (χ0v) is 14.3. The molecule has 1 rings (SSSR count). The van der Waals surface area contributed by atoms with Crippen LogP contribution in [0.1, 0.15) is 45.6 Å². The summed E-state index contributed by atoms with van der Waals surface area (Å²) < 4.78 is 10.3. The van der Waals surface area contributed by atoms with E-state index in [1.54, 1.807) is 14.2 Å². The van der Waals surface area contributed by atoms with Crippen molar-refractivity contribution in [3.63, 3.8) is 0 Å². The number of rotatable bonds is 6. The minimum atomic E-state index is -0.691. The lowest BCUT2D eigenvalue weighted by Crippen LogP contribution is -2.05. The Hall–Kier alpha value is -1.75. The first kappa shape index (κ1) is 20.2. The van der Waals surface area contributed by atoms with Crippen LogP contribution in [0.25, 0.3) is 0 Å². The van der Waals surface area contributed by atoms with Gasteiger partial charge in [-0.15, -0.1) is 0 Å². The fourth-order valence-electron chi connectivity index (χ4n) is 1.88. The van der Waals surface area contributed by atoms with Crippen LogP contribution in [-0.2, 0) is 11.3 Å². The van der Waals surface area contributed by atoms with E-state index in [2.05, 4.69) is 20.8 Å². The van der Waals surface area contributed by atoms with Crippen LogP contribution >= 0.6 is 0 Å². The minimum Gasteiger partial charge on any atom is -0.493 e. The van der Waals surface area contributed by atoms with Crippen molar-refractivity contribution < 1.29 is 19.4 Å². The highest BCUT2D eigenvalue weighted by molar-refractivity contribution is 5.66. The molecule has 0 fully saturated rings. The molecule has 126 valence electrons. The SMILES string of the molecule is CC(C)(C)CCCC(=O)O.COc1cccc(CN)c1OC. The predicted molar refractivity (Wildman–Crippen MR) is 88.4 cm³/mol. The molecule has 0 amide bonds. The molecule has 0 heterocycles. The maximum absolute atomic E-state index is 10.1. The lowest BCUT2D eigenvalue weighted by atomic mass is 9.90. The van der Waals surface area contributed by atoms with Gasteiger partial charge in [0.05, 0.1) is 14.2 Å². The van der Waals surface area contributed by atoms with E-state index in [-0.39, 0.29) is 5.41 Å². The molecule has 3 N–H and O–H groups in total. The van der Waals surface area contributed by atoms with Crippen molar-refractivity contribution >= 4 is 5.97 Å². The van der Waals surface area contributed by atoms with Crippen LogP contribution in [0.5, 0.6) is 11.5 Å². The number of methoxy groups -OCH3 is 2. The van der Waals surface area contributed by atoms with E-state index in [0.29, 0.717) is 13.0 Å². The number of aliphatic carboxylic acids is 1. The summed E-state index contributed by atoms with van der Waals surface area (Å²) in [6, 6.07) is 5.66. The molecule has 0 aliphatic carbocycles. The number of carboxylic acids is 1. The monoisotopic (exact) mass is 311 g/mol. The van der Waals surface area contributed by atoms with E-state index >= 15 is 0 Å². The van der Waals surface area contributed by atoms with Crippen LogP contribution in [0.3, 0.4) is 0 Å². The minimum absolute atomic E-state index is 0.273. The van der Waals surface area contributed by atoms with Gasteiger partial charge in [-0.2, -0.15) is 0 Å². The van der Waals surface area contributed by atoms with Crippen LogP contribution in [0.4, 0.5) is 0 Å². The van der Waals surface area contributed by atoms with Crippen LogP contribution in [-0.4, -0.2) is 25.3 Å². The van der Waals surface area contributed by atoms with Gasteiger partial charge in [-0.3, -0.25) is 4.79 Å². The van der Waals surface area contributed by atoms with Gasteiger partial charge in [0, 0.05) is 18.5 Å². The molecule has 0 aliphatic rings. The Bertz CT molecular complexity index is 430. The summed E-state index contributed by atoms with van der Waals surface area (Å²) in [4.78, 5) is 10.1. The van der Waals surface area contributed by atoms with Crippen molar-refractivity contribution in [1.29, 1.82) is 0 Å². The first-order valence-electron chi connectivity index (χ1n) is 7.37. The number of hydrogen-bond donors (Lipinski definition) is 2. The molecular formula is C17H29NO4. The second-order valence-corrected chi connectivity index (χ2v) is 6.16. The van der Waals surface area contributed by atoms with Crippen molar-refractivity contribution in [2.24, 2.45) is 11.1 Å². The average molecular weight is 311 g/mol. The largest absolute Gasteiger partial charge is 0.493 e. The van der Waals surface area contributed by atoms with E-state index in [1.165, 1.54) is 0 Å². The Labute approximate surface area is 133 Å². The average Bonchev–Trinajstić information content (AvgIpc) is 2.45. The Kier molecular flexibility index (Phi) is 9.26. The van der Waals surface area contributed by atoms with Crippen molar-refractivity contribution in [3.8, 4) is 11.5 Å². The molecule has 0 saturated heterocycles. The quantitative estimate of drug-likeness (QED) is 0.841. The molecule has 0 aromatic heterocycles. The maximum Gasteiger partial charge on any atom is 0.303 e. The summed E-state index contributed by atoms with van der Waals surface area (Å²) in [5.41, 5.74) is 6.74. The molecule has 5 nitrogen and oxygen atoms in total. The lowest BCUT2D eigenvalue weighted by Gasteiger charge is -2.16. The van der Waals surface area contributed by atoms with E-state index < -0.39 is 5.97 Å². The molecule has 0 unspecified atom stereocenters. The maximum atomic E-state index is 10.1. The lowest BCUT2D eigenvalue weighted by molar-refractivity contribution is -0.137. The molecule has 1 aromatic carbocycles. The third kappa shape index (κ3) is 8.52. The molecule has 22 heavy (non-hydrogen) atoms. The first-order chi connectivity index (χ1) is 10.2. The Morgan fingerprint density at radius 1 is 1.23 bits per heavy atom. The van der Waals surface area contributed by atoms with Crippen molar-refractivity contribution in [2.75, 3.05) is 14.2 Å². The summed E-state index contributed by atoms with van der Waals surface area (Å²) in [6.45, 7) is 6.82. The summed E-state index contributed by atoms with van der Waals surface area (Å²) >= 11 is 0. The van der Waals surface area contributed by atoms with Crippen LogP contribution in [0.15, 0.2) is 18.2 Å². The number of ether oxygens (including phenoxy) is 2. The fourth-order valence-corrected chi connectivity index (χ4v) is 1.88. The van der Waals surface area contributed by atoms with Crippen LogP contribution in [0.2, 0.25) is 0 Å². The summed E-state index contributed by atoms with van der Waals surface area (Å²) in [5.74, 6) is 0.757. The standard InChI is InChI=1S/C9H13NO2.C8H16O2/c1-11-8-5-3-4-7(6-10)9(8)12-2;1-8(2,3)6-4-5-7(9)10/h3-5H,6,10H2,1-2H3;4-6H2,1-3H3,(H,9,10). The smallest absolute Gasteiger partial charge is 0.303 e. The third-order valence-electron chi connectivity index (χ3n) is 3.02. The molecule has 0 spiro atoms. The number of para-hydroxylation sites is 1. The summed E-state index contributed by atoms with van der Waals surface area (Å²) in [7, 11) is 3.22. The molecule has 5 heteroatoms. The Morgan fingerprint density at radius 3 is 2.27 bits per heavy atom. The Morgan fingerprint density at radius 2 is 1.86 bits per heavy atom. The van der Waals surface area contributed by atoms with Gasteiger partial charge in [0.1, 0.15) is 0 Å². The summed E-state index contributed by atoms with van der Waals surface area (Å²) in [6.07, 6.45) is 2.08. The molecule has 0 saturated carbocycles. The number of nitrogens with two attached hydrogens (primary N) is 1. The van der Waals surface area contributed by atoms with Gasteiger partial charge in [-0.1, -0.05) is 32.9 Å².